The van der Waals surface area contributed by atoms with Crippen molar-refractivity contribution in [3.05, 3.63) is 0 Å². The highest BCUT2D eigenvalue weighted by atomic mass is 16.5. The number of amides is 1. The third-order valence-electron chi connectivity index (χ3n) is 2.82. The van der Waals surface area contributed by atoms with Gasteiger partial charge in [-0.1, -0.05) is 6.92 Å². The van der Waals surface area contributed by atoms with Gasteiger partial charge in [0, 0.05) is 19.2 Å². The summed E-state index contributed by atoms with van der Waals surface area (Å²) in [4.78, 5) is 24.2. The predicted molar refractivity (Wildman–Crippen MR) is 68.2 cm³/mol. The first-order chi connectivity index (χ1) is 8.46. The normalized spacial score (nSPS) is 14.0. The van der Waals surface area contributed by atoms with E-state index in [-0.39, 0.29) is 37.6 Å². The summed E-state index contributed by atoms with van der Waals surface area (Å²) in [6, 6.07) is -0.103. The summed E-state index contributed by atoms with van der Waals surface area (Å²) in [5, 5.41) is 8.82. The number of hydrogen-bond donors (Lipinski definition) is 2. The minimum absolute atomic E-state index is 0.103. The Morgan fingerprint density at radius 3 is 2.39 bits per heavy atom. The molecule has 0 fully saturated rings. The Labute approximate surface area is 108 Å². The quantitative estimate of drug-likeness (QED) is 0.628. The lowest BCUT2D eigenvalue weighted by Crippen LogP contribution is -2.44. The Morgan fingerprint density at radius 1 is 1.39 bits per heavy atom. The summed E-state index contributed by atoms with van der Waals surface area (Å²) in [5.41, 5.74) is 5.51. The van der Waals surface area contributed by atoms with Gasteiger partial charge in [-0.15, -0.1) is 0 Å². The van der Waals surface area contributed by atoms with Crippen molar-refractivity contribution in [2.75, 3.05) is 19.7 Å². The molecule has 3 N–H and O–H groups in total. The zero-order valence-corrected chi connectivity index (χ0v) is 11.4. The topological polar surface area (TPSA) is 92.9 Å². The average Bonchev–Trinajstić information content (AvgIpc) is 2.33. The van der Waals surface area contributed by atoms with Crippen molar-refractivity contribution in [3.8, 4) is 0 Å². The van der Waals surface area contributed by atoms with Gasteiger partial charge in [0.25, 0.3) is 0 Å². The number of carbonyl (C=O) groups is 2. The van der Waals surface area contributed by atoms with E-state index >= 15 is 0 Å². The van der Waals surface area contributed by atoms with E-state index in [0.29, 0.717) is 13.0 Å². The van der Waals surface area contributed by atoms with Crippen LogP contribution in [0.25, 0.3) is 0 Å². The molecule has 18 heavy (non-hydrogen) atoms. The van der Waals surface area contributed by atoms with Crippen molar-refractivity contribution in [2.24, 2.45) is 5.73 Å². The van der Waals surface area contributed by atoms with Crippen LogP contribution in [0.1, 0.15) is 33.6 Å². The fourth-order valence-corrected chi connectivity index (χ4v) is 1.61. The van der Waals surface area contributed by atoms with Gasteiger partial charge in [0.05, 0.1) is 12.5 Å². The van der Waals surface area contributed by atoms with Gasteiger partial charge < -0.3 is 20.5 Å². The number of rotatable bonds is 9. The lowest BCUT2D eigenvalue weighted by Gasteiger charge is -2.28. The van der Waals surface area contributed by atoms with Crippen LogP contribution >= 0.6 is 0 Å². The fourth-order valence-electron chi connectivity index (χ4n) is 1.61. The van der Waals surface area contributed by atoms with E-state index < -0.39 is 5.97 Å². The van der Waals surface area contributed by atoms with Crippen LogP contribution in [0.15, 0.2) is 0 Å². The highest BCUT2D eigenvalue weighted by molar-refractivity contribution is 5.82. The standard InChI is InChI=1S/C12H24N2O4/c1-4-9(3)14(8-12(16)17)11(15)6-10(7-13)18-5-2/h9-10H,4-8,13H2,1-3H3,(H,16,17). The summed E-state index contributed by atoms with van der Waals surface area (Å²) < 4.78 is 5.31. The van der Waals surface area contributed by atoms with Crippen LogP contribution in [0.5, 0.6) is 0 Å². The van der Waals surface area contributed by atoms with E-state index in [9.17, 15) is 9.59 Å². The minimum Gasteiger partial charge on any atom is -0.480 e. The molecule has 0 rings (SSSR count). The summed E-state index contributed by atoms with van der Waals surface area (Å²) >= 11 is 0. The molecule has 2 unspecified atom stereocenters. The van der Waals surface area contributed by atoms with Crippen LogP contribution in [-0.2, 0) is 14.3 Å². The molecule has 0 aliphatic rings. The van der Waals surface area contributed by atoms with E-state index in [2.05, 4.69) is 0 Å². The van der Waals surface area contributed by atoms with Crippen molar-refractivity contribution in [3.63, 3.8) is 0 Å². The summed E-state index contributed by atoms with van der Waals surface area (Å²) in [6.45, 7) is 6.03. The van der Waals surface area contributed by atoms with Crippen molar-refractivity contribution in [1.29, 1.82) is 0 Å². The predicted octanol–water partition coefficient (Wildman–Crippen LogP) is 0.452. The number of ether oxygens (including phenoxy) is 1. The fraction of sp³-hybridized carbons (Fsp3) is 0.833. The molecule has 0 radical (unpaired) electrons. The van der Waals surface area contributed by atoms with E-state index in [1.165, 1.54) is 4.90 Å². The number of carbonyl (C=O) groups excluding carboxylic acids is 1. The van der Waals surface area contributed by atoms with Gasteiger partial charge in [0.15, 0.2) is 0 Å². The van der Waals surface area contributed by atoms with Crippen LogP contribution in [-0.4, -0.2) is 53.7 Å². The smallest absolute Gasteiger partial charge is 0.323 e. The number of nitrogens with two attached hydrogens (primary N) is 1. The average molecular weight is 260 g/mol. The molecule has 6 nitrogen and oxygen atoms in total. The van der Waals surface area contributed by atoms with Crippen molar-refractivity contribution >= 4 is 11.9 Å². The zero-order chi connectivity index (χ0) is 14.1. The number of aliphatic carboxylic acids is 1. The Kier molecular flexibility index (Phi) is 8.32. The Balaban J connectivity index is 4.58. The first-order valence-electron chi connectivity index (χ1n) is 6.29. The summed E-state index contributed by atoms with van der Waals surface area (Å²) in [7, 11) is 0. The minimum atomic E-state index is -1.01. The summed E-state index contributed by atoms with van der Waals surface area (Å²) in [6.07, 6.45) is 0.492. The third kappa shape index (κ3) is 5.97. The zero-order valence-electron chi connectivity index (χ0n) is 11.4. The molecule has 0 aliphatic carbocycles. The maximum atomic E-state index is 12.1. The number of nitrogens with zero attached hydrogens (tertiary/aromatic N) is 1. The van der Waals surface area contributed by atoms with Crippen LogP contribution in [0.3, 0.4) is 0 Å². The van der Waals surface area contributed by atoms with Crippen LogP contribution in [0.4, 0.5) is 0 Å². The number of carboxylic acid groups (broad SMARTS) is 1. The van der Waals surface area contributed by atoms with E-state index in [1.54, 1.807) is 0 Å². The van der Waals surface area contributed by atoms with E-state index in [1.807, 2.05) is 20.8 Å². The molecular weight excluding hydrogens is 236 g/mol. The first-order valence-corrected chi connectivity index (χ1v) is 6.29. The number of hydrogen-bond acceptors (Lipinski definition) is 4. The monoisotopic (exact) mass is 260 g/mol. The van der Waals surface area contributed by atoms with Crippen molar-refractivity contribution < 1.29 is 19.4 Å². The van der Waals surface area contributed by atoms with Gasteiger partial charge in [-0.3, -0.25) is 9.59 Å². The highest BCUT2D eigenvalue weighted by Crippen LogP contribution is 2.08. The van der Waals surface area contributed by atoms with E-state index in [4.69, 9.17) is 15.6 Å². The van der Waals surface area contributed by atoms with E-state index in [0.717, 1.165) is 0 Å². The second-order valence-electron chi connectivity index (χ2n) is 4.19. The molecule has 0 aromatic rings. The highest BCUT2D eigenvalue weighted by Gasteiger charge is 2.24. The molecule has 0 aromatic heterocycles. The van der Waals surface area contributed by atoms with Gasteiger partial charge in [-0.2, -0.15) is 0 Å². The first kappa shape index (κ1) is 16.9. The lowest BCUT2D eigenvalue weighted by atomic mass is 10.1. The second kappa shape index (κ2) is 8.88. The molecule has 0 aromatic carbocycles. The molecule has 1 amide bonds. The summed E-state index contributed by atoms with van der Waals surface area (Å²) in [5.74, 6) is -1.24. The van der Waals surface area contributed by atoms with Gasteiger partial charge >= 0.3 is 5.97 Å². The molecular formula is C12H24N2O4. The second-order valence-corrected chi connectivity index (χ2v) is 4.19. The molecule has 6 heteroatoms. The molecule has 0 bridgehead atoms. The lowest BCUT2D eigenvalue weighted by molar-refractivity contribution is -0.147. The Morgan fingerprint density at radius 2 is 2.00 bits per heavy atom. The molecule has 0 spiro atoms. The van der Waals surface area contributed by atoms with Gasteiger partial charge in [0.1, 0.15) is 6.54 Å². The van der Waals surface area contributed by atoms with Gasteiger partial charge in [0.2, 0.25) is 5.91 Å². The maximum absolute atomic E-state index is 12.1. The van der Waals surface area contributed by atoms with Crippen LogP contribution in [0.2, 0.25) is 0 Å². The maximum Gasteiger partial charge on any atom is 0.323 e. The van der Waals surface area contributed by atoms with Crippen LogP contribution in [0, 0.1) is 0 Å². The van der Waals surface area contributed by atoms with Gasteiger partial charge in [-0.05, 0) is 20.3 Å². The molecule has 0 saturated carbocycles. The molecule has 0 aliphatic heterocycles. The molecule has 106 valence electrons. The Bertz CT molecular complexity index is 271. The molecule has 0 saturated heterocycles. The van der Waals surface area contributed by atoms with Crippen molar-refractivity contribution in [2.45, 2.75) is 45.8 Å². The van der Waals surface area contributed by atoms with Gasteiger partial charge in [-0.25, -0.2) is 0 Å². The van der Waals surface area contributed by atoms with Crippen molar-refractivity contribution in [1.82, 2.24) is 4.90 Å². The largest absolute Gasteiger partial charge is 0.480 e. The number of carboxylic acids is 1. The molecule has 2 atom stereocenters. The third-order valence-corrected chi connectivity index (χ3v) is 2.82. The van der Waals surface area contributed by atoms with Crippen LogP contribution < -0.4 is 5.73 Å². The Hall–Kier alpha value is -1.14. The SMILES string of the molecule is CCOC(CN)CC(=O)N(CC(=O)O)C(C)CC. The molecule has 0 heterocycles.